The van der Waals surface area contributed by atoms with Crippen LogP contribution in [0.15, 0.2) is 24.3 Å². The molecule has 1 aromatic carbocycles. The minimum absolute atomic E-state index is 0.182. The lowest BCUT2D eigenvalue weighted by molar-refractivity contribution is 0.0983. The summed E-state index contributed by atoms with van der Waals surface area (Å²) in [6, 6.07) is 9.12. The second kappa shape index (κ2) is 8.43. The lowest BCUT2D eigenvalue weighted by Gasteiger charge is -2.35. The third-order valence-electron chi connectivity index (χ3n) is 5.11. The van der Waals surface area contributed by atoms with Gasteiger partial charge in [0.25, 0.3) is 0 Å². The van der Waals surface area contributed by atoms with Crippen LogP contribution in [0.1, 0.15) is 19.8 Å². The van der Waals surface area contributed by atoms with Gasteiger partial charge in [0.2, 0.25) is 0 Å². The molecule has 1 amide bonds. The molecule has 2 saturated heterocycles. The molecule has 0 radical (unpaired) electrons. The molecule has 0 unspecified atom stereocenters. The van der Waals surface area contributed by atoms with Crippen molar-refractivity contribution in [2.24, 2.45) is 0 Å². The Bertz CT molecular complexity index is 564. The molecule has 2 heterocycles. The fourth-order valence-corrected chi connectivity index (χ4v) is 3.51. The van der Waals surface area contributed by atoms with Crippen LogP contribution in [-0.4, -0.2) is 74.9 Å². The van der Waals surface area contributed by atoms with Crippen LogP contribution in [0.25, 0.3) is 0 Å². The molecule has 0 spiro atoms. The number of benzene rings is 1. The number of nitrogens with one attached hydrogen (secondary N) is 1. The molecule has 1 aromatic rings. The quantitative estimate of drug-likeness (QED) is 0.908. The average molecular weight is 346 g/mol. The number of amides is 1. The van der Waals surface area contributed by atoms with Crippen LogP contribution in [0.3, 0.4) is 0 Å². The predicted molar refractivity (Wildman–Crippen MR) is 101 cm³/mol. The minimum atomic E-state index is -0.182. The fourth-order valence-electron chi connectivity index (χ4n) is 3.51. The highest BCUT2D eigenvalue weighted by Crippen LogP contribution is 2.23. The van der Waals surface area contributed by atoms with Crippen LogP contribution in [0.2, 0.25) is 0 Å². The fraction of sp³-hybridized carbons (Fsp3) is 0.632. The van der Waals surface area contributed by atoms with Crippen molar-refractivity contribution in [3.8, 4) is 0 Å². The van der Waals surface area contributed by atoms with Crippen molar-refractivity contribution in [3.05, 3.63) is 24.3 Å². The molecule has 3 rings (SSSR count). The summed E-state index contributed by atoms with van der Waals surface area (Å²) in [5.41, 5.74) is 2.47. The molecule has 0 bridgehead atoms. The Kier molecular flexibility index (Phi) is 6.02. The first-order valence-electron chi connectivity index (χ1n) is 9.37. The largest absolute Gasteiger partial charge is 0.450 e. The highest BCUT2D eigenvalue weighted by atomic mass is 16.6. The van der Waals surface area contributed by atoms with E-state index in [9.17, 15) is 4.79 Å². The maximum Gasteiger partial charge on any atom is 0.409 e. The Balaban J connectivity index is 1.52. The van der Waals surface area contributed by atoms with Gasteiger partial charge in [0.1, 0.15) is 0 Å². The van der Waals surface area contributed by atoms with Crippen LogP contribution in [-0.2, 0) is 4.74 Å². The van der Waals surface area contributed by atoms with Crippen molar-refractivity contribution in [1.29, 1.82) is 0 Å². The van der Waals surface area contributed by atoms with Crippen molar-refractivity contribution in [3.63, 3.8) is 0 Å². The number of likely N-dealkylation sites (N-methyl/N-ethyl adjacent to an activating group) is 1. The average Bonchev–Trinajstić information content (AvgIpc) is 2.63. The SMILES string of the molecule is CCOC(=O)N1CCC(Nc2cccc(N3CCN(C)CC3)c2)CC1. The lowest BCUT2D eigenvalue weighted by atomic mass is 10.0. The molecule has 2 aliphatic rings. The van der Waals surface area contributed by atoms with Gasteiger partial charge in [-0.25, -0.2) is 4.79 Å². The molecule has 0 atom stereocenters. The topological polar surface area (TPSA) is 48.1 Å². The Morgan fingerprint density at radius 2 is 1.88 bits per heavy atom. The monoisotopic (exact) mass is 346 g/mol. The first-order chi connectivity index (χ1) is 12.2. The number of hydrogen-bond donors (Lipinski definition) is 1. The molecule has 25 heavy (non-hydrogen) atoms. The Morgan fingerprint density at radius 1 is 1.16 bits per heavy atom. The number of hydrogen-bond acceptors (Lipinski definition) is 5. The Hall–Kier alpha value is -1.95. The summed E-state index contributed by atoms with van der Waals surface area (Å²) in [6.45, 7) is 8.20. The molecule has 0 saturated carbocycles. The Morgan fingerprint density at radius 3 is 2.56 bits per heavy atom. The zero-order valence-corrected chi connectivity index (χ0v) is 15.4. The van der Waals surface area contributed by atoms with Gasteiger partial charge < -0.3 is 24.8 Å². The van der Waals surface area contributed by atoms with E-state index in [2.05, 4.69) is 46.4 Å². The zero-order valence-electron chi connectivity index (χ0n) is 15.4. The van der Waals surface area contributed by atoms with Gasteiger partial charge in [0.05, 0.1) is 6.61 Å². The van der Waals surface area contributed by atoms with Crippen LogP contribution in [0, 0.1) is 0 Å². The van der Waals surface area contributed by atoms with Gasteiger partial charge >= 0.3 is 6.09 Å². The highest BCUT2D eigenvalue weighted by Gasteiger charge is 2.23. The van der Waals surface area contributed by atoms with E-state index in [1.54, 1.807) is 0 Å². The van der Waals surface area contributed by atoms with Gasteiger partial charge in [-0.15, -0.1) is 0 Å². The van der Waals surface area contributed by atoms with Crippen molar-refractivity contribution in [2.75, 3.05) is 63.1 Å². The molecule has 2 fully saturated rings. The summed E-state index contributed by atoms with van der Waals surface area (Å²) in [5, 5.41) is 3.64. The maximum atomic E-state index is 11.8. The number of piperazine rings is 1. The maximum absolute atomic E-state index is 11.8. The van der Waals surface area contributed by atoms with E-state index in [4.69, 9.17) is 4.74 Å². The second-order valence-electron chi connectivity index (χ2n) is 6.95. The number of carbonyl (C=O) groups is 1. The standard InChI is InChI=1S/C19H30N4O2/c1-3-25-19(24)23-9-7-16(8-10-23)20-17-5-4-6-18(15-17)22-13-11-21(2)12-14-22/h4-6,15-16,20H,3,7-14H2,1-2H3. The molecular formula is C19H30N4O2. The molecule has 2 aliphatic heterocycles. The minimum Gasteiger partial charge on any atom is -0.450 e. The van der Waals surface area contributed by atoms with E-state index in [-0.39, 0.29) is 6.09 Å². The summed E-state index contributed by atoms with van der Waals surface area (Å²) >= 11 is 0. The summed E-state index contributed by atoms with van der Waals surface area (Å²) in [4.78, 5) is 18.4. The first kappa shape index (κ1) is 17.9. The summed E-state index contributed by atoms with van der Waals surface area (Å²) in [5.74, 6) is 0. The molecule has 138 valence electrons. The molecule has 0 aromatic heterocycles. The van der Waals surface area contributed by atoms with Crippen molar-refractivity contribution in [1.82, 2.24) is 9.80 Å². The third-order valence-corrected chi connectivity index (χ3v) is 5.11. The second-order valence-corrected chi connectivity index (χ2v) is 6.95. The van der Waals surface area contributed by atoms with Gasteiger partial charge in [0.15, 0.2) is 0 Å². The smallest absolute Gasteiger partial charge is 0.409 e. The summed E-state index contributed by atoms with van der Waals surface area (Å²) in [7, 11) is 2.18. The predicted octanol–water partition coefficient (Wildman–Crippen LogP) is 2.47. The van der Waals surface area contributed by atoms with Gasteiger partial charge in [0, 0.05) is 56.7 Å². The summed E-state index contributed by atoms with van der Waals surface area (Å²) in [6.07, 6.45) is 1.73. The number of ether oxygens (including phenoxy) is 1. The van der Waals surface area contributed by atoms with Crippen LogP contribution < -0.4 is 10.2 Å². The van der Waals surface area contributed by atoms with Crippen LogP contribution in [0.5, 0.6) is 0 Å². The van der Waals surface area contributed by atoms with E-state index in [1.807, 2.05) is 11.8 Å². The lowest BCUT2D eigenvalue weighted by Crippen LogP contribution is -2.44. The van der Waals surface area contributed by atoms with E-state index in [0.717, 1.165) is 52.1 Å². The third kappa shape index (κ3) is 4.78. The van der Waals surface area contributed by atoms with Crippen LogP contribution >= 0.6 is 0 Å². The van der Waals surface area contributed by atoms with E-state index < -0.39 is 0 Å². The molecule has 6 nitrogen and oxygen atoms in total. The number of anilines is 2. The van der Waals surface area contributed by atoms with Crippen molar-refractivity contribution < 1.29 is 9.53 Å². The van der Waals surface area contributed by atoms with Gasteiger partial charge in [-0.3, -0.25) is 0 Å². The van der Waals surface area contributed by atoms with E-state index in [1.165, 1.54) is 11.4 Å². The van der Waals surface area contributed by atoms with Gasteiger partial charge in [-0.2, -0.15) is 0 Å². The highest BCUT2D eigenvalue weighted by molar-refractivity contribution is 5.67. The number of nitrogens with zero attached hydrogens (tertiary/aromatic N) is 3. The molecule has 6 heteroatoms. The van der Waals surface area contributed by atoms with Gasteiger partial charge in [-0.1, -0.05) is 6.07 Å². The number of likely N-dealkylation sites (tertiary alicyclic amines) is 1. The van der Waals surface area contributed by atoms with Crippen molar-refractivity contribution >= 4 is 17.5 Å². The molecule has 0 aliphatic carbocycles. The summed E-state index contributed by atoms with van der Waals surface area (Å²) < 4.78 is 5.08. The number of rotatable bonds is 4. The molecular weight excluding hydrogens is 316 g/mol. The van der Waals surface area contributed by atoms with E-state index in [0.29, 0.717) is 12.6 Å². The Labute approximate surface area is 150 Å². The molecule has 1 N–H and O–H groups in total. The van der Waals surface area contributed by atoms with Crippen LogP contribution in [0.4, 0.5) is 16.2 Å². The van der Waals surface area contributed by atoms with E-state index >= 15 is 0 Å². The first-order valence-corrected chi connectivity index (χ1v) is 9.37. The zero-order chi connectivity index (χ0) is 17.6. The van der Waals surface area contributed by atoms with Gasteiger partial charge in [-0.05, 0) is 45.0 Å². The number of carbonyl (C=O) groups excluding carboxylic acids is 1. The number of piperidine rings is 1. The normalized spacial score (nSPS) is 19.8. The van der Waals surface area contributed by atoms with Crippen molar-refractivity contribution in [2.45, 2.75) is 25.8 Å².